The van der Waals surface area contributed by atoms with Gasteiger partial charge in [-0.15, -0.1) is 0 Å². The van der Waals surface area contributed by atoms with Crippen LogP contribution in [0.25, 0.3) is 0 Å². The number of hydrogen-bond donors (Lipinski definition) is 3. The molecule has 1 atom stereocenters. The first-order chi connectivity index (χ1) is 7.99. The summed E-state index contributed by atoms with van der Waals surface area (Å²) in [6.07, 6.45) is 0.688. The van der Waals surface area contributed by atoms with E-state index in [4.69, 9.17) is 5.73 Å². The molecule has 1 amide bonds. The van der Waals surface area contributed by atoms with Crippen LogP contribution < -0.4 is 11.1 Å². The van der Waals surface area contributed by atoms with Crippen molar-refractivity contribution in [1.82, 2.24) is 0 Å². The van der Waals surface area contributed by atoms with Gasteiger partial charge in [0.1, 0.15) is 5.75 Å². The number of carbonyl (C=O) groups excluding carboxylic acids is 1. The first-order valence-electron chi connectivity index (χ1n) is 5.80. The van der Waals surface area contributed by atoms with E-state index in [2.05, 4.69) is 5.32 Å². The molecule has 0 aliphatic carbocycles. The van der Waals surface area contributed by atoms with Crippen molar-refractivity contribution < 1.29 is 9.90 Å². The Balaban J connectivity index is 2.92. The van der Waals surface area contributed by atoms with Gasteiger partial charge in [-0.2, -0.15) is 0 Å². The molecule has 4 N–H and O–H groups in total. The molecular weight excluding hydrogens is 216 g/mol. The van der Waals surface area contributed by atoms with Gasteiger partial charge in [0.15, 0.2) is 0 Å². The predicted molar refractivity (Wildman–Crippen MR) is 69.0 cm³/mol. The summed E-state index contributed by atoms with van der Waals surface area (Å²) < 4.78 is 0. The van der Waals surface area contributed by atoms with Crippen molar-refractivity contribution in [1.29, 1.82) is 0 Å². The Morgan fingerprint density at radius 3 is 2.65 bits per heavy atom. The number of hydrogen-bond acceptors (Lipinski definition) is 3. The van der Waals surface area contributed by atoms with E-state index in [0.717, 1.165) is 11.1 Å². The molecule has 0 fully saturated rings. The third-order valence-corrected chi connectivity index (χ3v) is 2.85. The lowest BCUT2D eigenvalue weighted by Crippen LogP contribution is -2.28. The van der Waals surface area contributed by atoms with Crippen LogP contribution in [-0.2, 0) is 4.79 Å². The predicted octanol–water partition coefficient (Wildman–Crippen LogP) is 1.93. The van der Waals surface area contributed by atoms with Crippen LogP contribution in [0, 0.1) is 19.8 Å². The molecule has 4 nitrogen and oxygen atoms in total. The molecule has 94 valence electrons. The van der Waals surface area contributed by atoms with E-state index in [0.29, 0.717) is 18.7 Å². The van der Waals surface area contributed by atoms with Crippen molar-refractivity contribution in [2.45, 2.75) is 27.2 Å². The highest BCUT2D eigenvalue weighted by Crippen LogP contribution is 2.29. The monoisotopic (exact) mass is 236 g/mol. The largest absolute Gasteiger partial charge is 0.505 e. The summed E-state index contributed by atoms with van der Waals surface area (Å²) in [5.41, 5.74) is 7.72. The van der Waals surface area contributed by atoms with E-state index < -0.39 is 0 Å². The van der Waals surface area contributed by atoms with E-state index in [1.54, 1.807) is 13.0 Å². The fourth-order valence-corrected chi connectivity index (χ4v) is 1.75. The molecule has 0 heterocycles. The Hall–Kier alpha value is -1.55. The van der Waals surface area contributed by atoms with Crippen LogP contribution in [0.1, 0.15) is 24.5 Å². The molecule has 0 saturated carbocycles. The number of benzene rings is 1. The van der Waals surface area contributed by atoms with E-state index >= 15 is 0 Å². The number of aromatic hydroxyl groups is 1. The minimum atomic E-state index is -0.213. The van der Waals surface area contributed by atoms with Crippen molar-refractivity contribution in [3.05, 3.63) is 23.3 Å². The number of nitrogens with two attached hydrogens (primary N) is 1. The lowest BCUT2D eigenvalue weighted by molar-refractivity contribution is -0.119. The quantitative estimate of drug-likeness (QED) is 0.699. The van der Waals surface area contributed by atoms with Crippen molar-refractivity contribution in [2.24, 2.45) is 11.7 Å². The van der Waals surface area contributed by atoms with E-state index in [1.807, 2.05) is 19.9 Å². The highest BCUT2D eigenvalue weighted by Gasteiger charge is 2.16. The summed E-state index contributed by atoms with van der Waals surface area (Å²) in [5, 5.41) is 12.6. The maximum Gasteiger partial charge on any atom is 0.228 e. The Kier molecular flexibility index (Phi) is 4.52. The maximum atomic E-state index is 11.8. The molecule has 1 aromatic rings. The van der Waals surface area contributed by atoms with Gasteiger partial charge in [-0.1, -0.05) is 13.0 Å². The standard InChI is InChI=1S/C13H20N2O2/c1-4-10(7-14)13(17)15-11-6-8(2)5-9(3)12(11)16/h5-6,10,16H,4,7,14H2,1-3H3,(H,15,17). The van der Waals surface area contributed by atoms with Crippen molar-refractivity contribution in [3.8, 4) is 5.75 Å². The molecule has 0 saturated heterocycles. The summed E-state index contributed by atoms with van der Waals surface area (Å²) in [6, 6.07) is 3.62. The number of phenolic OH excluding ortho intramolecular Hbond substituents is 1. The molecule has 0 aliphatic rings. The lowest BCUT2D eigenvalue weighted by Gasteiger charge is -2.15. The second-order valence-corrected chi connectivity index (χ2v) is 4.31. The van der Waals surface area contributed by atoms with Crippen molar-refractivity contribution >= 4 is 11.6 Å². The summed E-state index contributed by atoms with van der Waals surface area (Å²) >= 11 is 0. The third kappa shape index (κ3) is 3.20. The van der Waals surface area contributed by atoms with Gasteiger partial charge in [0, 0.05) is 6.54 Å². The van der Waals surface area contributed by atoms with Crippen molar-refractivity contribution in [2.75, 3.05) is 11.9 Å². The second kappa shape index (κ2) is 5.68. The fourth-order valence-electron chi connectivity index (χ4n) is 1.75. The number of rotatable bonds is 4. The van der Waals surface area contributed by atoms with Crippen LogP contribution >= 0.6 is 0 Å². The van der Waals surface area contributed by atoms with Crippen molar-refractivity contribution in [3.63, 3.8) is 0 Å². The van der Waals surface area contributed by atoms with Gasteiger partial charge in [-0.25, -0.2) is 0 Å². The van der Waals surface area contributed by atoms with E-state index in [1.165, 1.54) is 0 Å². The van der Waals surface area contributed by atoms with Crippen LogP contribution in [0.4, 0.5) is 5.69 Å². The second-order valence-electron chi connectivity index (χ2n) is 4.31. The van der Waals surface area contributed by atoms with Crippen LogP contribution in [0.3, 0.4) is 0 Å². The van der Waals surface area contributed by atoms with Crippen LogP contribution in [-0.4, -0.2) is 17.6 Å². The first kappa shape index (κ1) is 13.5. The lowest BCUT2D eigenvalue weighted by atomic mass is 10.1. The van der Waals surface area contributed by atoms with Gasteiger partial charge in [-0.3, -0.25) is 4.79 Å². The number of nitrogens with one attached hydrogen (secondary N) is 1. The minimum Gasteiger partial charge on any atom is -0.505 e. The summed E-state index contributed by atoms with van der Waals surface area (Å²) in [6.45, 7) is 5.95. The number of anilines is 1. The SMILES string of the molecule is CCC(CN)C(=O)Nc1cc(C)cc(C)c1O. The summed E-state index contributed by atoms with van der Waals surface area (Å²) in [4.78, 5) is 11.8. The Morgan fingerprint density at radius 1 is 1.47 bits per heavy atom. The Bertz CT molecular complexity index is 412. The molecule has 4 heteroatoms. The summed E-state index contributed by atoms with van der Waals surface area (Å²) in [7, 11) is 0. The Morgan fingerprint density at radius 2 is 2.12 bits per heavy atom. The molecule has 0 radical (unpaired) electrons. The molecule has 0 bridgehead atoms. The zero-order valence-electron chi connectivity index (χ0n) is 10.6. The normalized spacial score (nSPS) is 12.2. The van der Waals surface area contributed by atoms with Gasteiger partial charge in [0.25, 0.3) is 0 Å². The summed E-state index contributed by atoms with van der Waals surface area (Å²) in [5.74, 6) is -0.235. The molecule has 1 aromatic carbocycles. The number of carbonyl (C=O) groups is 1. The third-order valence-electron chi connectivity index (χ3n) is 2.85. The number of aryl methyl sites for hydroxylation is 2. The topological polar surface area (TPSA) is 75.4 Å². The van der Waals surface area contributed by atoms with Gasteiger partial charge in [0.2, 0.25) is 5.91 Å². The molecule has 17 heavy (non-hydrogen) atoms. The maximum absolute atomic E-state index is 11.8. The molecule has 1 rings (SSSR count). The van der Waals surface area contributed by atoms with Gasteiger partial charge < -0.3 is 16.2 Å². The average molecular weight is 236 g/mol. The first-order valence-corrected chi connectivity index (χ1v) is 5.80. The molecule has 1 unspecified atom stereocenters. The zero-order valence-corrected chi connectivity index (χ0v) is 10.6. The number of phenols is 1. The fraction of sp³-hybridized carbons (Fsp3) is 0.462. The molecule has 0 aliphatic heterocycles. The van der Waals surface area contributed by atoms with Gasteiger partial charge in [-0.05, 0) is 37.5 Å². The molecule has 0 spiro atoms. The Labute approximate surface area is 102 Å². The van der Waals surface area contributed by atoms with Gasteiger partial charge in [0.05, 0.1) is 11.6 Å². The van der Waals surface area contributed by atoms with Gasteiger partial charge >= 0.3 is 0 Å². The van der Waals surface area contributed by atoms with Crippen LogP contribution in [0.2, 0.25) is 0 Å². The zero-order chi connectivity index (χ0) is 13.0. The smallest absolute Gasteiger partial charge is 0.228 e. The van der Waals surface area contributed by atoms with Crippen LogP contribution in [0.15, 0.2) is 12.1 Å². The van der Waals surface area contributed by atoms with E-state index in [-0.39, 0.29) is 17.6 Å². The molecular formula is C13H20N2O2. The highest BCUT2D eigenvalue weighted by molar-refractivity contribution is 5.94. The number of amides is 1. The highest BCUT2D eigenvalue weighted by atomic mass is 16.3. The molecule has 0 aromatic heterocycles. The minimum absolute atomic E-state index is 0.121. The van der Waals surface area contributed by atoms with E-state index in [9.17, 15) is 9.90 Å². The average Bonchev–Trinajstić information content (AvgIpc) is 2.27. The van der Waals surface area contributed by atoms with Crippen LogP contribution in [0.5, 0.6) is 5.75 Å².